The van der Waals surface area contributed by atoms with Crippen molar-refractivity contribution in [3.63, 3.8) is 0 Å². The Kier molecular flexibility index (Phi) is 3.42. The van der Waals surface area contributed by atoms with Gasteiger partial charge in [-0.25, -0.2) is 0 Å². The van der Waals surface area contributed by atoms with Gasteiger partial charge in [0.25, 0.3) is 0 Å². The van der Waals surface area contributed by atoms with Crippen LogP contribution in [0.25, 0.3) is 0 Å². The summed E-state index contributed by atoms with van der Waals surface area (Å²) in [4.78, 5) is 16.0. The zero-order valence-corrected chi connectivity index (χ0v) is 9.91. The van der Waals surface area contributed by atoms with Crippen molar-refractivity contribution in [2.45, 2.75) is 31.7 Å². The van der Waals surface area contributed by atoms with E-state index < -0.39 is 0 Å². The molecule has 1 saturated carbocycles. The van der Waals surface area contributed by atoms with E-state index in [-0.39, 0.29) is 0 Å². The summed E-state index contributed by atoms with van der Waals surface area (Å²) in [5, 5.41) is 0. The lowest BCUT2D eigenvalue weighted by Gasteiger charge is -2.46. The van der Waals surface area contributed by atoms with E-state index in [9.17, 15) is 4.79 Å². The molecule has 0 atom stereocenters. The molecule has 86 valence electrons. The van der Waals surface area contributed by atoms with Gasteiger partial charge < -0.3 is 4.90 Å². The first-order valence-corrected chi connectivity index (χ1v) is 6.05. The van der Waals surface area contributed by atoms with Gasteiger partial charge in [0, 0.05) is 38.5 Å². The third kappa shape index (κ3) is 2.79. The predicted molar refractivity (Wildman–Crippen MR) is 60.9 cm³/mol. The fourth-order valence-electron chi connectivity index (χ4n) is 2.83. The SMILES string of the molecule is CN(C)CC1CN(C2CCC(=O)CC2)C1. The number of ketones is 1. The van der Waals surface area contributed by atoms with Crippen molar-refractivity contribution in [3.05, 3.63) is 0 Å². The summed E-state index contributed by atoms with van der Waals surface area (Å²) in [6.45, 7) is 3.70. The largest absolute Gasteiger partial charge is 0.309 e. The van der Waals surface area contributed by atoms with Crippen LogP contribution >= 0.6 is 0 Å². The Labute approximate surface area is 92.4 Å². The lowest BCUT2D eigenvalue weighted by Crippen LogP contribution is -2.55. The van der Waals surface area contributed by atoms with Gasteiger partial charge in [-0.2, -0.15) is 0 Å². The normalized spacial score (nSPS) is 25.9. The van der Waals surface area contributed by atoms with E-state index in [1.54, 1.807) is 0 Å². The summed E-state index contributed by atoms with van der Waals surface area (Å²) in [5.41, 5.74) is 0. The molecule has 15 heavy (non-hydrogen) atoms. The number of carbonyl (C=O) groups excluding carboxylic acids is 1. The monoisotopic (exact) mass is 210 g/mol. The minimum atomic E-state index is 0.469. The number of hydrogen-bond donors (Lipinski definition) is 0. The van der Waals surface area contributed by atoms with E-state index in [0.717, 1.165) is 31.6 Å². The van der Waals surface area contributed by atoms with Crippen LogP contribution in [0.3, 0.4) is 0 Å². The molecular formula is C12H22N2O. The quantitative estimate of drug-likeness (QED) is 0.694. The summed E-state index contributed by atoms with van der Waals surface area (Å²) in [6, 6.07) is 0.709. The highest BCUT2D eigenvalue weighted by atomic mass is 16.1. The fourth-order valence-corrected chi connectivity index (χ4v) is 2.83. The lowest BCUT2D eigenvalue weighted by atomic mass is 9.88. The molecule has 2 fully saturated rings. The molecule has 1 heterocycles. The molecule has 0 bridgehead atoms. The predicted octanol–water partition coefficient (Wildman–Crippen LogP) is 0.991. The second-order valence-electron chi connectivity index (χ2n) is 5.35. The van der Waals surface area contributed by atoms with E-state index >= 15 is 0 Å². The van der Waals surface area contributed by atoms with Crippen molar-refractivity contribution >= 4 is 5.78 Å². The Hall–Kier alpha value is -0.410. The molecule has 3 nitrogen and oxygen atoms in total. The van der Waals surface area contributed by atoms with Gasteiger partial charge in [0.2, 0.25) is 0 Å². The minimum Gasteiger partial charge on any atom is -0.309 e. The molecule has 0 spiro atoms. The van der Waals surface area contributed by atoms with Gasteiger partial charge in [0.05, 0.1) is 0 Å². The number of carbonyl (C=O) groups is 1. The molecule has 0 radical (unpaired) electrons. The third-order valence-electron chi connectivity index (χ3n) is 3.64. The van der Waals surface area contributed by atoms with Gasteiger partial charge in [-0.3, -0.25) is 9.69 Å². The topological polar surface area (TPSA) is 23.6 Å². The molecular weight excluding hydrogens is 188 g/mol. The first-order chi connectivity index (χ1) is 7.15. The van der Waals surface area contributed by atoms with Crippen LogP contribution in [0, 0.1) is 5.92 Å². The molecule has 2 aliphatic rings. The zero-order valence-electron chi connectivity index (χ0n) is 9.91. The second kappa shape index (κ2) is 4.62. The standard InChI is InChI=1S/C12H22N2O/c1-13(2)7-10-8-14(9-10)11-3-5-12(15)6-4-11/h10-11H,3-9H2,1-2H3. The Morgan fingerprint density at radius 2 is 1.87 bits per heavy atom. The Morgan fingerprint density at radius 3 is 2.40 bits per heavy atom. The van der Waals surface area contributed by atoms with E-state index in [2.05, 4.69) is 23.9 Å². The number of rotatable bonds is 3. The van der Waals surface area contributed by atoms with Crippen molar-refractivity contribution < 1.29 is 4.79 Å². The maximum atomic E-state index is 11.1. The summed E-state index contributed by atoms with van der Waals surface area (Å²) >= 11 is 0. The van der Waals surface area contributed by atoms with Gasteiger partial charge >= 0.3 is 0 Å². The maximum Gasteiger partial charge on any atom is 0.133 e. The van der Waals surface area contributed by atoms with E-state index in [0.29, 0.717) is 11.8 Å². The Balaban J connectivity index is 1.68. The van der Waals surface area contributed by atoms with E-state index in [4.69, 9.17) is 0 Å². The van der Waals surface area contributed by atoms with Crippen molar-refractivity contribution in [2.75, 3.05) is 33.7 Å². The molecule has 0 aromatic rings. The Morgan fingerprint density at radius 1 is 1.27 bits per heavy atom. The second-order valence-corrected chi connectivity index (χ2v) is 5.35. The van der Waals surface area contributed by atoms with Crippen LogP contribution < -0.4 is 0 Å². The minimum absolute atomic E-state index is 0.469. The van der Waals surface area contributed by atoms with Crippen molar-refractivity contribution in [2.24, 2.45) is 5.92 Å². The van der Waals surface area contributed by atoms with Crippen LogP contribution in [-0.2, 0) is 4.79 Å². The average molecular weight is 210 g/mol. The molecule has 2 rings (SSSR count). The van der Waals surface area contributed by atoms with E-state index in [1.165, 1.54) is 19.6 Å². The highest BCUT2D eigenvalue weighted by Gasteiger charge is 2.33. The van der Waals surface area contributed by atoms with Crippen LogP contribution in [0.15, 0.2) is 0 Å². The molecule has 1 saturated heterocycles. The van der Waals surface area contributed by atoms with Gasteiger partial charge in [-0.05, 0) is 32.9 Å². The van der Waals surface area contributed by atoms with E-state index in [1.807, 2.05) is 0 Å². The van der Waals surface area contributed by atoms with Crippen molar-refractivity contribution in [3.8, 4) is 0 Å². The van der Waals surface area contributed by atoms with Crippen LogP contribution in [-0.4, -0.2) is 55.4 Å². The molecule has 0 amide bonds. The van der Waals surface area contributed by atoms with Crippen LogP contribution in [0.4, 0.5) is 0 Å². The summed E-state index contributed by atoms with van der Waals surface area (Å²) < 4.78 is 0. The number of Topliss-reactive ketones (excluding diaryl/α,β-unsaturated/α-hetero) is 1. The lowest BCUT2D eigenvalue weighted by molar-refractivity contribution is -0.122. The zero-order chi connectivity index (χ0) is 10.8. The average Bonchev–Trinajstić information content (AvgIpc) is 2.12. The molecule has 1 aliphatic heterocycles. The summed E-state index contributed by atoms with van der Waals surface area (Å²) in [7, 11) is 4.28. The smallest absolute Gasteiger partial charge is 0.133 e. The van der Waals surface area contributed by atoms with Crippen LogP contribution in [0.5, 0.6) is 0 Å². The highest BCUT2D eigenvalue weighted by molar-refractivity contribution is 5.79. The molecule has 0 aromatic heterocycles. The van der Waals surface area contributed by atoms with Crippen LogP contribution in [0.2, 0.25) is 0 Å². The van der Waals surface area contributed by atoms with Crippen molar-refractivity contribution in [1.82, 2.24) is 9.80 Å². The Bertz CT molecular complexity index is 224. The van der Waals surface area contributed by atoms with Gasteiger partial charge in [-0.15, -0.1) is 0 Å². The summed E-state index contributed by atoms with van der Waals surface area (Å²) in [5.74, 6) is 1.33. The number of likely N-dealkylation sites (tertiary alicyclic amines) is 1. The first-order valence-electron chi connectivity index (χ1n) is 6.05. The van der Waals surface area contributed by atoms with Gasteiger partial charge in [0.1, 0.15) is 5.78 Å². The number of nitrogens with zero attached hydrogens (tertiary/aromatic N) is 2. The molecule has 3 heteroatoms. The first kappa shape index (κ1) is 11.1. The van der Waals surface area contributed by atoms with Gasteiger partial charge in [-0.1, -0.05) is 0 Å². The third-order valence-corrected chi connectivity index (χ3v) is 3.64. The van der Waals surface area contributed by atoms with Crippen LogP contribution in [0.1, 0.15) is 25.7 Å². The molecule has 0 unspecified atom stereocenters. The number of hydrogen-bond acceptors (Lipinski definition) is 3. The molecule has 1 aliphatic carbocycles. The maximum absolute atomic E-state index is 11.1. The fraction of sp³-hybridized carbons (Fsp3) is 0.917. The van der Waals surface area contributed by atoms with Crippen molar-refractivity contribution in [1.29, 1.82) is 0 Å². The van der Waals surface area contributed by atoms with Gasteiger partial charge in [0.15, 0.2) is 0 Å². The summed E-state index contributed by atoms with van der Waals surface area (Å²) in [6.07, 6.45) is 3.85. The highest BCUT2D eigenvalue weighted by Crippen LogP contribution is 2.27. The molecule has 0 aromatic carbocycles. The molecule has 0 N–H and O–H groups in total.